The Labute approximate surface area is 109 Å². The third kappa shape index (κ3) is 5.09. The van der Waals surface area contributed by atoms with Gasteiger partial charge in [0.15, 0.2) is 11.5 Å². The van der Waals surface area contributed by atoms with E-state index in [1.165, 1.54) is 13.2 Å². The summed E-state index contributed by atoms with van der Waals surface area (Å²) in [5.41, 5.74) is 5.97. The molecule has 106 valence electrons. The fourth-order valence-corrected chi connectivity index (χ4v) is 1.48. The van der Waals surface area contributed by atoms with Gasteiger partial charge in [0.1, 0.15) is 0 Å². The van der Waals surface area contributed by atoms with Gasteiger partial charge in [0.05, 0.1) is 13.7 Å². The van der Waals surface area contributed by atoms with Crippen molar-refractivity contribution in [2.45, 2.75) is 13.0 Å². The molecule has 3 N–H and O–H groups in total. The van der Waals surface area contributed by atoms with Gasteiger partial charge in [0.25, 0.3) is 0 Å². The standard InChI is InChI=1S/C12H16F2N2O3/c1-18-10-6-8(4-5-16-11(17)7-15)2-3-9(10)19-12(13)14/h2-3,6,12H,4-5,7,15H2,1H3,(H,16,17). The number of hydrogen-bond acceptors (Lipinski definition) is 4. The molecule has 0 saturated heterocycles. The Hall–Kier alpha value is -1.89. The predicted molar refractivity (Wildman–Crippen MR) is 65.4 cm³/mol. The zero-order chi connectivity index (χ0) is 14.3. The molecule has 1 aromatic carbocycles. The Bertz CT molecular complexity index is 427. The number of rotatable bonds is 7. The predicted octanol–water partition coefficient (Wildman–Crippen LogP) is 0.914. The zero-order valence-corrected chi connectivity index (χ0v) is 10.5. The van der Waals surface area contributed by atoms with Crippen LogP contribution >= 0.6 is 0 Å². The number of hydrogen-bond donors (Lipinski definition) is 2. The van der Waals surface area contributed by atoms with Crippen LogP contribution in [0, 0.1) is 0 Å². The van der Waals surface area contributed by atoms with E-state index in [4.69, 9.17) is 10.5 Å². The second-order valence-corrected chi connectivity index (χ2v) is 3.67. The van der Waals surface area contributed by atoms with Gasteiger partial charge in [0.2, 0.25) is 5.91 Å². The van der Waals surface area contributed by atoms with Crippen molar-refractivity contribution >= 4 is 5.91 Å². The van der Waals surface area contributed by atoms with E-state index in [9.17, 15) is 13.6 Å². The van der Waals surface area contributed by atoms with Crippen molar-refractivity contribution in [2.24, 2.45) is 5.73 Å². The van der Waals surface area contributed by atoms with Crippen molar-refractivity contribution in [2.75, 3.05) is 20.2 Å². The highest BCUT2D eigenvalue weighted by molar-refractivity contribution is 5.77. The minimum Gasteiger partial charge on any atom is -0.493 e. The Morgan fingerprint density at radius 1 is 1.42 bits per heavy atom. The highest BCUT2D eigenvalue weighted by Crippen LogP contribution is 2.29. The quantitative estimate of drug-likeness (QED) is 0.775. The smallest absolute Gasteiger partial charge is 0.387 e. The monoisotopic (exact) mass is 274 g/mol. The van der Waals surface area contributed by atoms with Crippen LogP contribution in [0.5, 0.6) is 11.5 Å². The van der Waals surface area contributed by atoms with Crippen LogP contribution in [0.3, 0.4) is 0 Å². The minimum absolute atomic E-state index is 0.0211. The second-order valence-electron chi connectivity index (χ2n) is 3.67. The molecule has 0 bridgehead atoms. The van der Waals surface area contributed by atoms with E-state index in [2.05, 4.69) is 10.1 Å². The molecule has 0 aromatic heterocycles. The minimum atomic E-state index is -2.90. The fourth-order valence-electron chi connectivity index (χ4n) is 1.48. The van der Waals surface area contributed by atoms with Crippen LogP contribution in [-0.4, -0.2) is 32.7 Å². The number of carbonyl (C=O) groups excluding carboxylic acids is 1. The van der Waals surface area contributed by atoms with Crippen molar-refractivity contribution in [3.8, 4) is 11.5 Å². The van der Waals surface area contributed by atoms with E-state index in [0.717, 1.165) is 5.56 Å². The van der Waals surface area contributed by atoms with E-state index in [1.54, 1.807) is 12.1 Å². The molecular weight excluding hydrogens is 258 g/mol. The molecule has 0 fully saturated rings. The molecular formula is C12H16F2N2O3. The molecule has 1 rings (SSSR count). The number of ether oxygens (including phenoxy) is 2. The summed E-state index contributed by atoms with van der Waals surface area (Å²) in [4.78, 5) is 10.9. The Morgan fingerprint density at radius 2 is 2.16 bits per heavy atom. The molecule has 1 aromatic rings. The number of nitrogens with one attached hydrogen (secondary N) is 1. The summed E-state index contributed by atoms with van der Waals surface area (Å²) in [6.45, 7) is -2.55. The molecule has 0 spiro atoms. The van der Waals surface area contributed by atoms with E-state index in [1.807, 2.05) is 0 Å². The Balaban J connectivity index is 2.63. The average molecular weight is 274 g/mol. The van der Waals surface area contributed by atoms with Gasteiger partial charge in [-0.2, -0.15) is 8.78 Å². The number of alkyl halides is 2. The van der Waals surface area contributed by atoms with Gasteiger partial charge in [-0.25, -0.2) is 0 Å². The van der Waals surface area contributed by atoms with Crippen molar-refractivity contribution in [1.82, 2.24) is 5.32 Å². The first-order valence-corrected chi connectivity index (χ1v) is 5.65. The number of amides is 1. The van der Waals surface area contributed by atoms with Gasteiger partial charge < -0.3 is 20.5 Å². The molecule has 7 heteroatoms. The van der Waals surface area contributed by atoms with Crippen molar-refractivity contribution in [3.05, 3.63) is 23.8 Å². The third-order valence-electron chi connectivity index (χ3n) is 2.37. The summed E-state index contributed by atoms with van der Waals surface area (Å²) in [7, 11) is 1.37. The van der Waals surface area contributed by atoms with E-state index in [-0.39, 0.29) is 24.0 Å². The molecule has 0 heterocycles. The lowest BCUT2D eigenvalue weighted by Gasteiger charge is -2.11. The molecule has 0 atom stereocenters. The lowest BCUT2D eigenvalue weighted by molar-refractivity contribution is -0.119. The maximum absolute atomic E-state index is 12.1. The average Bonchev–Trinajstić information content (AvgIpc) is 2.39. The number of halogens is 2. The molecule has 5 nitrogen and oxygen atoms in total. The second kappa shape index (κ2) is 7.52. The molecule has 1 amide bonds. The molecule has 0 aliphatic carbocycles. The summed E-state index contributed by atoms with van der Waals surface area (Å²) in [6, 6.07) is 4.63. The van der Waals surface area contributed by atoms with Gasteiger partial charge in [-0.3, -0.25) is 4.79 Å². The van der Waals surface area contributed by atoms with Gasteiger partial charge in [0, 0.05) is 6.54 Å². The number of benzene rings is 1. The highest BCUT2D eigenvalue weighted by Gasteiger charge is 2.11. The molecule has 0 unspecified atom stereocenters. The van der Waals surface area contributed by atoms with Gasteiger partial charge in [-0.15, -0.1) is 0 Å². The largest absolute Gasteiger partial charge is 0.493 e. The van der Waals surface area contributed by atoms with Gasteiger partial charge in [-0.05, 0) is 24.1 Å². The first-order chi connectivity index (χ1) is 9.06. The Kier molecular flexibility index (Phi) is 6.01. The first kappa shape index (κ1) is 15.2. The van der Waals surface area contributed by atoms with Crippen LogP contribution in [0.4, 0.5) is 8.78 Å². The van der Waals surface area contributed by atoms with Crippen LogP contribution < -0.4 is 20.5 Å². The van der Waals surface area contributed by atoms with E-state index in [0.29, 0.717) is 13.0 Å². The van der Waals surface area contributed by atoms with Crippen LogP contribution in [0.2, 0.25) is 0 Å². The maximum Gasteiger partial charge on any atom is 0.387 e. The van der Waals surface area contributed by atoms with Crippen molar-refractivity contribution in [1.29, 1.82) is 0 Å². The number of nitrogens with two attached hydrogens (primary N) is 1. The molecule has 0 aliphatic rings. The molecule has 0 radical (unpaired) electrons. The summed E-state index contributed by atoms with van der Waals surface area (Å²) in [5, 5.41) is 2.61. The van der Waals surface area contributed by atoms with Crippen molar-refractivity contribution in [3.63, 3.8) is 0 Å². The van der Waals surface area contributed by atoms with Crippen LogP contribution in [-0.2, 0) is 11.2 Å². The highest BCUT2D eigenvalue weighted by atomic mass is 19.3. The number of carbonyl (C=O) groups is 1. The van der Waals surface area contributed by atoms with E-state index >= 15 is 0 Å². The van der Waals surface area contributed by atoms with E-state index < -0.39 is 6.61 Å². The lowest BCUT2D eigenvalue weighted by atomic mass is 10.1. The Morgan fingerprint density at radius 3 is 2.74 bits per heavy atom. The topological polar surface area (TPSA) is 73.6 Å². The van der Waals surface area contributed by atoms with Gasteiger partial charge in [-0.1, -0.05) is 6.07 Å². The molecule has 0 aliphatic heterocycles. The normalized spacial score (nSPS) is 10.4. The SMILES string of the molecule is COc1cc(CCNC(=O)CN)ccc1OC(F)F. The summed E-state index contributed by atoms with van der Waals surface area (Å²) in [5.74, 6) is -0.0418. The zero-order valence-electron chi connectivity index (χ0n) is 10.5. The summed E-state index contributed by atoms with van der Waals surface area (Å²) in [6.07, 6.45) is 0.539. The maximum atomic E-state index is 12.1. The van der Waals surface area contributed by atoms with Gasteiger partial charge >= 0.3 is 6.61 Å². The van der Waals surface area contributed by atoms with Crippen LogP contribution in [0.1, 0.15) is 5.56 Å². The van der Waals surface area contributed by atoms with Crippen LogP contribution in [0.25, 0.3) is 0 Å². The summed E-state index contributed by atoms with van der Waals surface area (Å²) < 4.78 is 33.5. The first-order valence-electron chi connectivity index (χ1n) is 5.65. The third-order valence-corrected chi connectivity index (χ3v) is 2.37. The lowest BCUT2D eigenvalue weighted by Crippen LogP contribution is -2.31. The number of methoxy groups -OCH3 is 1. The molecule has 0 saturated carbocycles. The fraction of sp³-hybridized carbons (Fsp3) is 0.417. The van der Waals surface area contributed by atoms with Crippen molar-refractivity contribution < 1.29 is 23.0 Å². The van der Waals surface area contributed by atoms with Crippen LogP contribution in [0.15, 0.2) is 18.2 Å². The molecule has 19 heavy (non-hydrogen) atoms. The summed E-state index contributed by atoms with van der Waals surface area (Å²) >= 11 is 0.